The second kappa shape index (κ2) is 11.0. The van der Waals surface area contributed by atoms with E-state index in [-0.39, 0.29) is 5.92 Å². The van der Waals surface area contributed by atoms with E-state index in [1.807, 2.05) is 12.1 Å². The largest absolute Gasteiger partial charge is 0.476 e. The monoisotopic (exact) mass is 477 g/mol. The molecule has 2 aliphatic heterocycles. The highest BCUT2D eigenvalue weighted by Crippen LogP contribution is 2.27. The van der Waals surface area contributed by atoms with Crippen molar-refractivity contribution >= 4 is 34.8 Å². The zero-order valence-corrected chi connectivity index (χ0v) is 19.4. The van der Waals surface area contributed by atoms with Crippen LogP contribution in [-0.2, 0) is 9.53 Å². The van der Waals surface area contributed by atoms with Crippen LogP contribution in [0, 0.1) is 5.92 Å². The van der Waals surface area contributed by atoms with Crippen molar-refractivity contribution in [2.75, 3.05) is 56.2 Å². The molecule has 0 aliphatic carbocycles. The number of likely N-dealkylation sites (tertiary alicyclic amines) is 1. The average Bonchev–Trinajstić information content (AvgIpc) is 2.85. The van der Waals surface area contributed by atoms with Crippen LogP contribution in [0.1, 0.15) is 19.8 Å². The van der Waals surface area contributed by atoms with E-state index >= 15 is 0 Å². The van der Waals surface area contributed by atoms with Crippen molar-refractivity contribution in [2.45, 2.75) is 25.9 Å². The summed E-state index contributed by atoms with van der Waals surface area (Å²) in [5.41, 5.74) is 2.01. The summed E-state index contributed by atoms with van der Waals surface area (Å²) in [5, 5.41) is 3.52. The van der Waals surface area contributed by atoms with Crippen molar-refractivity contribution < 1.29 is 18.7 Å². The number of rotatable bonds is 7. The van der Waals surface area contributed by atoms with E-state index < -0.39 is 12.1 Å². The molecule has 178 valence electrons. The number of alkyl halides is 1. The summed E-state index contributed by atoms with van der Waals surface area (Å²) >= 11 is 6.24. The molecular weight excluding hydrogens is 449 g/mol. The Bertz CT molecular complexity index is 932. The zero-order chi connectivity index (χ0) is 23.2. The van der Waals surface area contributed by atoms with Crippen molar-refractivity contribution in [1.29, 1.82) is 0 Å². The number of amides is 1. The van der Waals surface area contributed by atoms with Crippen LogP contribution >= 0.6 is 11.6 Å². The smallest absolute Gasteiger partial charge is 0.256 e. The maximum absolute atomic E-state index is 13.2. The highest BCUT2D eigenvalue weighted by Gasteiger charge is 2.26. The Balaban J connectivity index is 1.30. The third-order valence-corrected chi connectivity index (χ3v) is 6.19. The van der Waals surface area contributed by atoms with Crippen molar-refractivity contribution in [3.63, 3.8) is 0 Å². The fourth-order valence-corrected chi connectivity index (χ4v) is 4.13. The second-order valence-electron chi connectivity index (χ2n) is 8.31. The van der Waals surface area contributed by atoms with Gasteiger partial charge in [-0.1, -0.05) is 11.6 Å². The number of piperidine rings is 1. The molecule has 33 heavy (non-hydrogen) atoms. The maximum atomic E-state index is 13.2. The Morgan fingerprint density at radius 3 is 2.61 bits per heavy atom. The number of nitrogens with zero attached hydrogens (tertiary/aromatic N) is 4. The van der Waals surface area contributed by atoms with Gasteiger partial charge in [0, 0.05) is 37.6 Å². The first-order valence-corrected chi connectivity index (χ1v) is 11.7. The fourth-order valence-electron chi connectivity index (χ4n) is 3.99. The molecule has 2 aromatic rings. The minimum Gasteiger partial charge on any atom is -0.476 e. The molecule has 1 aromatic heterocycles. The number of benzene rings is 1. The zero-order valence-electron chi connectivity index (χ0n) is 18.7. The molecule has 3 heterocycles. The first-order valence-electron chi connectivity index (χ1n) is 11.3. The van der Waals surface area contributed by atoms with Crippen molar-refractivity contribution in [1.82, 2.24) is 14.9 Å². The molecule has 10 heteroatoms. The molecule has 2 fully saturated rings. The molecule has 0 radical (unpaired) electrons. The number of hydrogen-bond acceptors (Lipinski definition) is 7. The summed E-state index contributed by atoms with van der Waals surface area (Å²) in [6, 6.07) is 8.08. The molecule has 1 N–H and O–H groups in total. The van der Waals surface area contributed by atoms with Crippen LogP contribution < -0.4 is 15.0 Å². The number of nitrogens with one attached hydrogen (secondary N) is 1. The summed E-state index contributed by atoms with van der Waals surface area (Å²) < 4.78 is 24.5. The van der Waals surface area contributed by atoms with Gasteiger partial charge in [-0.25, -0.2) is 9.37 Å². The topological polar surface area (TPSA) is 79.8 Å². The van der Waals surface area contributed by atoms with E-state index in [2.05, 4.69) is 32.3 Å². The lowest BCUT2D eigenvalue weighted by Gasteiger charge is -2.32. The summed E-state index contributed by atoms with van der Waals surface area (Å²) in [6.45, 7) is 6.04. The Morgan fingerprint density at radius 2 is 1.94 bits per heavy atom. The Kier molecular flexibility index (Phi) is 7.82. The van der Waals surface area contributed by atoms with E-state index in [1.54, 1.807) is 4.90 Å². The Morgan fingerprint density at radius 1 is 1.24 bits per heavy atom. The van der Waals surface area contributed by atoms with Gasteiger partial charge in [0.2, 0.25) is 11.8 Å². The van der Waals surface area contributed by atoms with Gasteiger partial charge in [-0.15, -0.1) is 0 Å². The lowest BCUT2D eigenvalue weighted by atomic mass is 9.97. The van der Waals surface area contributed by atoms with Crippen LogP contribution in [-0.4, -0.2) is 72.9 Å². The van der Waals surface area contributed by atoms with Gasteiger partial charge in [0.1, 0.15) is 5.02 Å². The van der Waals surface area contributed by atoms with Gasteiger partial charge in [-0.05, 0) is 49.9 Å². The first kappa shape index (κ1) is 23.5. The molecule has 1 atom stereocenters. The molecule has 0 spiro atoms. The minimum atomic E-state index is -1.46. The molecule has 1 unspecified atom stereocenters. The molecule has 0 bridgehead atoms. The molecule has 4 rings (SSSR count). The summed E-state index contributed by atoms with van der Waals surface area (Å²) in [7, 11) is 0. The standard InChI is InChI=1S/C23H29ClFN5O3/c1-16(25)22(31)30-8-6-17(7-9-30)15-33-21-20(24)14-26-23(28-21)27-18-2-4-19(5-3-18)29-10-12-32-13-11-29/h2-5,14,16-17H,6-13,15H2,1H3,(H,26,27,28). The molecule has 1 aromatic carbocycles. The minimum absolute atomic E-state index is 0.249. The van der Waals surface area contributed by atoms with Crippen LogP contribution in [0.25, 0.3) is 0 Å². The number of aromatic nitrogens is 2. The quantitative estimate of drug-likeness (QED) is 0.651. The molecule has 8 nitrogen and oxygen atoms in total. The van der Waals surface area contributed by atoms with Crippen molar-refractivity contribution in [2.24, 2.45) is 5.92 Å². The number of halogens is 2. The summed E-state index contributed by atoms with van der Waals surface area (Å²) in [5.74, 6) is 0.516. The SMILES string of the molecule is CC(F)C(=O)N1CCC(COc2nc(Nc3ccc(N4CCOCC4)cc3)ncc2Cl)CC1. The van der Waals surface area contributed by atoms with Crippen LogP contribution in [0.2, 0.25) is 5.02 Å². The van der Waals surface area contributed by atoms with E-state index in [9.17, 15) is 9.18 Å². The molecular formula is C23H29ClFN5O3. The maximum Gasteiger partial charge on any atom is 0.256 e. The van der Waals surface area contributed by atoms with Gasteiger partial charge in [-0.3, -0.25) is 4.79 Å². The second-order valence-corrected chi connectivity index (χ2v) is 8.72. The lowest BCUT2D eigenvalue weighted by molar-refractivity contribution is -0.137. The molecule has 1 amide bonds. The van der Waals surface area contributed by atoms with Gasteiger partial charge in [0.05, 0.1) is 26.0 Å². The summed E-state index contributed by atoms with van der Waals surface area (Å²) in [4.78, 5) is 24.3. The predicted molar refractivity (Wildman–Crippen MR) is 125 cm³/mol. The van der Waals surface area contributed by atoms with Gasteiger partial charge < -0.3 is 24.6 Å². The third kappa shape index (κ3) is 6.23. The predicted octanol–water partition coefficient (Wildman–Crippen LogP) is 3.69. The van der Waals surface area contributed by atoms with Crippen LogP contribution in [0.15, 0.2) is 30.5 Å². The number of ether oxygens (including phenoxy) is 2. The van der Waals surface area contributed by atoms with E-state index in [4.69, 9.17) is 21.1 Å². The van der Waals surface area contributed by atoms with Crippen molar-refractivity contribution in [3.8, 4) is 5.88 Å². The average molecular weight is 478 g/mol. The third-order valence-electron chi connectivity index (χ3n) is 5.93. The Labute approximate surface area is 198 Å². The van der Waals surface area contributed by atoms with Gasteiger partial charge in [-0.2, -0.15) is 4.98 Å². The highest BCUT2D eigenvalue weighted by molar-refractivity contribution is 6.31. The van der Waals surface area contributed by atoms with Gasteiger partial charge in [0.25, 0.3) is 5.91 Å². The van der Waals surface area contributed by atoms with Crippen LogP contribution in [0.4, 0.5) is 21.7 Å². The number of hydrogen-bond donors (Lipinski definition) is 1. The molecule has 2 saturated heterocycles. The summed E-state index contributed by atoms with van der Waals surface area (Å²) in [6.07, 6.45) is 1.56. The van der Waals surface area contributed by atoms with Crippen LogP contribution in [0.3, 0.4) is 0 Å². The van der Waals surface area contributed by atoms with Crippen LogP contribution in [0.5, 0.6) is 5.88 Å². The number of anilines is 3. The van der Waals surface area contributed by atoms with E-state index in [0.717, 1.165) is 50.5 Å². The van der Waals surface area contributed by atoms with E-state index in [0.29, 0.717) is 36.5 Å². The normalized spacial score (nSPS) is 18.2. The fraction of sp³-hybridized carbons (Fsp3) is 0.522. The first-order chi connectivity index (χ1) is 16.0. The highest BCUT2D eigenvalue weighted by atomic mass is 35.5. The lowest BCUT2D eigenvalue weighted by Crippen LogP contribution is -2.42. The molecule has 0 saturated carbocycles. The number of carbonyl (C=O) groups excluding carboxylic acids is 1. The number of morpholine rings is 1. The van der Waals surface area contributed by atoms with Gasteiger partial charge >= 0.3 is 0 Å². The van der Waals surface area contributed by atoms with Gasteiger partial charge in [0.15, 0.2) is 6.17 Å². The van der Waals surface area contributed by atoms with E-state index in [1.165, 1.54) is 13.1 Å². The number of carbonyl (C=O) groups is 1. The molecule has 2 aliphatic rings. The van der Waals surface area contributed by atoms with Crippen molar-refractivity contribution in [3.05, 3.63) is 35.5 Å². The Hall–Kier alpha value is -2.65.